The van der Waals surface area contributed by atoms with Crippen LogP contribution in [0.25, 0.3) is 20.9 Å². The molecule has 0 N–H and O–H groups in total. The monoisotopic (exact) mass is 324 g/mol. The van der Waals surface area contributed by atoms with Crippen molar-refractivity contribution in [3.05, 3.63) is 60.7 Å². The molecular weight excluding hydrogens is 308 g/mol. The first kappa shape index (κ1) is 15.3. The highest BCUT2D eigenvalue weighted by Crippen LogP contribution is 2.43. The Morgan fingerprint density at radius 1 is 0.957 bits per heavy atom. The maximum absolute atomic E-state index is 11.4. The number of hydrogen-bond donors (Lipinski definition) is 0. The molecule has 1 heterocycles. The minimum Gasteiger partial charge on any atom is -0.497 e. The molecule has 0 spiro atoms. The van der Waals surface area contributed by atoms with Crippen molar-refractivity contribution in [1.82, 2.24) is 0 Å². The van der Waals surface area contributed by atoms with Crippen LogP contribution in [0, 0.1) is 0 Å². The van der Waals surface area contributed by atoms with Crippen molar-refractivity contribution < 1.29 is 14.3 Å². The third-order valence-electron chi connectivity index (χ3n) is 3.36. The van der Waals surface area contributed by atoms with Gasteiger partial charge in [-0.05, 0) is 35.4 Å². The first-order valence-corrected chi connectivity index (χ1v) is 8.01. The molecule has 3 nitrogen and oxygen atoms in total. The molecule has 0 unspecified atom stereocenters. The van der Waals surface area contributed by atoms with Crippen LogP contribution < -0.4 is 9.47 Å². The van der Waals surface area contributed by atoms with E-state index in [0.717, 1.165) is 26.6 Å². The third-order valence-corrected chi connectivity index (χ3v) is 4.58. The van der Waals surface area contributed by atoms with E-state index in [9.17, 15) is 4.79 Å². The number of hydrogen-bond acceptors (Lipinski definition) is 4. The van der Waals surface area contributed by atoms with Gasteiger partial charge in [0, 0.05) is 17.9 Å². The lowest BCUT2D eigenvalue weighted by Crippen LogP contribution is -2.01. The number of rotatable bonds is 4. The summed E-state index contributed by atoms with van der Waals surface area (Å²) in [5.41, 5.74) is 2.10. The molecular formula is C19H16O3S. The van der Waals surface area contributed by atoms with E-state index in [1.165, 1.54) is 6.92 Å². The zero-order chi connectivity index (χ0) is 16.2. The van der Waals surface area contributed by atoms with Crippen LogP contribution in [0.5, 0.6) is 11.5 Å². The van der Waals surface area contributed by atoms with Crippen molar-refractivity contribution in [2.24, 2.45) is 0 Å². The van der Waals surface area contributed by atoms with Gasteiger partial charge in [0.2, 0.25) is 0 Å². The van der Waals surface area contributed by atoms with Gasteiger partial charge in [0.1, 0.15) is 11.5 Å². The summed E-state index contributed by atoms with van der Waals surface area (Å²) in [4.78, 5) is 13.4. The van der Waals surface area contributed by atoms with E-state index in [1.807, 2.05) is 60.7 Å². The summed E-state index contributed by atoms with van der Waals surface area (Å²) in [7, 11) is 1.64. The second-order valence-electron chi connectivity index (χ2n) is 4.99. The van der Waals surface area contributed by atoms with Crippen LogP contribution in [-0.4, -0.2) is 13.1 Å². The summed E-state index contributed by atoms with van der Waals surface area (Å²) in [5, 5.41) is 0. The van der Waals surface area contributed by atoms with Crippen LogP contribution in [0.1, 0.15) is 6.92 Å². The van der Waals surface area contributed by atoms with Crippen molar-refractivity contribution in [2.75, 3.05) is 7.11 Å². The maximum atomic E-state index is 11.4. The predicted molar refractivity (Wildman–Crippen MR) is 93.1 cm³/mol. The number of esters is 1. The summed E-state index contributed by atoms with van der Waals surface area (Å²) >= 11 is 1.60. The molecule has 0 radical (unpaired) electrons. The molecule has 3 aromatic rings. The van der Waals surface area contributed by atoms with Crippen molar-refractivity contribution in [3.8, 4) is 32.4 Å². The lowest BCUT2D eigenvalue weighted by Gasteiger charge is -2.04. The fourth-order valence-electron chi connectivity index (χ4n) is 2.29. The molecule has 0 amide bonds. The second-order valence-corrected chi connectivity index (χ2v) is 6.04. The normalized spacial score (nSPS) is 10.3. The molecule has 3 rings (SSSR count). The number of methoxy groups -OCH3 is 1. The molecule has 0 atom stereocenters. The minimum atomic E-state index is -0.322. The summed E-state index contributed by atoms with van der Waals surface area (Å²) < 4.78 is 10.6. The van der Waals surface area contributed by atoms with E-state index < -0.39 is 0 Å². The lowest BCUT2D eigenvalue weighted by molar-refractivity contribution is -0.131. The molecule has 1 aromatic heterocycles. The zero-order valence-corrected chi connectivity index (χ0v) is 13.7. The average Bonchev–Trinajstić information content (AvgIpc) is 2.99. The number of benzene rings is 2. The number of carbonyl (C=O) groups is 1. The Morgan fingerprint density at radius 3 is 2.26 bits per heavy atom. The molecule has 0 bridgehead atoms. The van der Waals surface area contributed by atoms with Crippen LogP contribution in [0.15, 0.2) is 60.7 Å². The van der Waals surface area contributed by atoms with E-state index in [2.05, 4.69) is 0 Å². The first-order chi connectivity index (χ1) is 11.2. The Bertz CT molecular complexity index is 804. The highest BCUT2D eigenvalue weighted by molar-refractivity contribution is 7.19. The third kappa shape index (κ3) is 3.43. The number of ether oxygens (including phenoxy) is 2. The molecule has 4 heteroatoms. The second kappa shape index (κ2) is 6.67. The van der Waals surface area contributed by atoms with Gasteiger partial charge in [0.25, 0.3) is 0 Å². The van der Waals surface area contributed by atoms with Crippen LogP contribution in [0.2, 0.25) is 0 Å². The average molecular weight is 324 g/mol. The van der Waals surface area contributed by atoms with Crippen molar-refractivity contribution in [1.29, 1.82) is 0 Å². The van der Waals surface area contributed by atoms with Gasteiger partial charge in [-0.3, -0.25) is 4.79 Å². The molecule has 2 aromatic carbocycles. The Morgan fingerprint density at radius 2 is 1.65 bits per heavy atom. The van der Waals surface area contributed by atoms with E-state index in [-0.39, 0.29) is 5.97 Å². The van der Waals surface area contributed by atoms with Gasteiger partial charge >= 0.3 is 5.97 Å². The highest BCUT2D eigenvalue weighted by atomic mass is 32.1. The predicted octanol–water partition coefficient (Wildman–Crippen LogP) is 5.02. The van der Waals surface area contributed by atoms with E-state index in [4.69, 9.17) is 9.47 Å². The van der Waals surface area contributed by atoms with Gasteiger partial charge in [0.15, 0.2) is 0 Å². The molecule has 0 saturated heterocycles. The summed E-state index contributed by atoms with van der Waals surface area (Å²) in [5.74, 6) is 1.06. The summed E-state index contributed by atoms with van der Waals surface area (Å²) in [6.07, 6.45) is 0. The van der Waals surface area contributed by atoms with Gasteiger partial charge in [-0.25, -0.2) is 0 Å². The molecule has 0 aliphatic rings. The Balaban J connectivity index is 2.06. The van der Waals surface area contributed by atoms with E-state index in [0.29, 0.717) is 5.75 Å². The Kier molecular flexibility index (Phi) is 4.44. The molecule has 0 aliphatic heterocycles. The van der Waals surface area contributed by atoms with E-state index >= 15 is 0 Å². The van der Waals surface area contributed by atoms with Gasteiger partial charge in [-0.15, -0.1) is 11.3 Å². The first-order valence-electron chi connectivity index (χ1n) is 7.19. The molecule has 0 fully saturated rings. The molecule has 0 aliphatic carbocycles. The van der Waals surface area contributed by atoms with E-state index in [1.54, 1.807) is 18.4 Å². The fraction of sp³-hybridized carbons (Fsp3) is 0.105. The maximum Gasteiger partial charge on any atom is 0.308 e. The van der Waals surface area contributed by atoms with Crippen LogP contribution >= 0.6 is 11.3 Å². The van der Waals surface area contributed by atoms with Crippen molar-refractivity contribution in [3.63, 3.8) is 0 Å². The molecule has 116 valence electrons. The van der Waals surface area contributed by atoms with Gasteiger partial charge in [-0.2, -0.15) is 0 Å². The SMILES string of the molecule is COc1ccc(-c2sc(-c3ccccc3)cc2OC(C)=O)cc1. The minimum absolute atomic E-state index is 0.322. The summed E-state index contributed by atoms with van der Waals surface area (Å²) in [6, 6.07) is 19.7. The Hall–Kier alpha value is -2.59. The van der Waals surface area contributed by atoms with Gasteiger partial charge in [-0.1, -0.05) is 30.3 Å². The van der Waals surface area contributed by atoms with Crippen LogP contribution in [0.4, 0.5) is 0 Å². The van der Waals surface area contributed by atoms with Crippen LogP contribution in [0.3, 0.4) is 0 Å². The van der Waals surface area contributed by atoms with Crippen molar-refractivity contribution in [2.45, 2.75) is 6.92 Å². The molecule has 23 heavy (non-hydrogen) atoms. The quantitative estimate of drug-likeness (QED) is 0.632. The number of thiophene rings is 1. The van der Waals surface area contributed by atoms with Gasteiger partial charge in [0.05, 0.1) is 12.0 Å². The Labute approximate surface area is 139 Å². The standard InChI is InChI=1S/C19H16O3S/c1-13(20)22-17-12-18(14-6-4-3-5-7-14)23-19(17)15-8-10-16(21-2)11-9-15/h3-12H,1-2H3. The van der Waals surface area contributed by atoms with Crippen LogP contribution in [-0.2, 0) is 4.79 Å². The topological polar surface area (TPSA) is 35.5 Å². The fourth-order valence-corrected chi connectivity index (χ4v) is 3.39. The van der Waals surface area contributed by atoms with Crippen molar-refractivity contribution >= 4 is 17.3 Å². The zero-order valence-electron chi connectivity index (χ0n) is 12.9. The molecule has 0 saturated carbocycles. The largest absolute Gasteiger partial charge is 0.497 e. The smallest absolute Gasteiger partial charge is 0.308 e. The number of carbonyl (C=O) groups excluding carboxylic acids is 1. The van der Waals surface area contributed by atoms with Gasteiger partial charge < -0.3 is 9.47 Å². The highest BCUT2D eigenvalue weighted by Gasteiger charge is 2.15. The summed E-state index contributed by atoms with van der Waals surface area (Å²) in [6.45, 7) is 1.41. The lowest BCUT2D eigenvalue weighted by atomic mass is 10.1.